The smallest absolute Gasteiger partial charge is 0.314 e. The second-order valence-electron chi connectivity index (χ2n) is 4.90. The number of hydrogen-bond acceptors (Lipinski definition) is 2. The van der Waals surface area contributed by atoms with Crippen molar-refractivity contribution in [2.45, 2.75) is 39.5 Å². The Morgan fingerprint density at radius 2 is 1.94 bits per heavy atom. The van der Waals surface area contributed by atoms with Crippen LogP contribution >= 0.6 is 0 Å². The summed E-state index contributed by atoms with van der Waals surface area (Å²) in [7, 11) is 0. The van der Waals surface area contributed by atoms with Crippen LogP contribution in [0.2, 0.25) is 0 Å². The normalized spacial score (nSPS) is 17.2. The fraction of sp³-hybridized carbons (Fsp3) is 0.917. The summed E-state index contributed by atoms with van der Waals surface area (Å²) in [6.45, 7) is 5.79. The van der Waals surface area contributed by atoms with E-state index in [0.717, 1.165) is 32.2 Å². The number of aliphatic hydroxyl groups excluding tert-OH is 1. The zero-order chi connectivity index (χ0) is 12.0. The van der Waals surface area contributed by atoms with Crippen LogP contribution in [0.25, 0.3) is 0 Å². The molecule has 2 amide bonds. The monoisotopic (exact) mass is 228 g/mol. The Kier molecular flexibility index (Phi) is 5.06. The quantitative estimate of drug-likeness (QED) is 0.618. The maximum Gasteiger partial charge on any atom is 0.314 e. The van der Waals surface area contributed by atoms with Gasteiger partial charge in [0.25, 0.3) is 0 Å². The standard InChI is InChI=1S/C12H24N2O2/c1-3-10(4-2)7-13-11(16)14-8-12(9-15)5-6-12/h10,15H,3-9H2,1-2H3,(H2,13,14,16). The molecule has 0 aromatic carbocycles. The zero-order valence-corrected chi connectivity index (χ0v) is 10.4. The number of carbonyl (C=O) groups excluding carboxylic acids is 1. The largest absolute Gasteiger partial charge is 0.396 e. The Hall–Kier alpha value is -0.770. The van der Waals surface area contributed by atoms with Gasteiger partial charge in [-0.2, -0.15) is 0 Å². The Morgan fingerprint density at radius 3 is 2.38 bits per heavy atom. The Bertz CT molecular complexity index is 223. The van der Waals surface area contributed by atoms with Crippen LogP contribution < -0.4 is 10.6 Å². The molecule has 1 aliphatic carbocycles. The second kappa shape index (κ2) is 6.09. The fourth-order valence-corrected chi connectivity index (χ4v) is 1.71. The summed E-state index contributed by atoms with van der Waals surface area (Å²) in [5.41, 5.74) is -0.00768. The highest BCUT2D eigenvalue weighted by atomic mass is 16.3. The number of carbonyl (C=O) groups is 1. The first-order valence-corrected chi connectivity index (χ1v) is 6.28. The lowest BCUT2D eigenvalue weighted by Crippen LogP contribution is -2.41. The van der Waals surface area contributed by atoms with Crippen LogP contribution in [0, 0.1) is 11.3 Å². The first-order valence-electron chi connectivity index (χ1n) is 6.28. The third kappa shape index (κ3) is 4.00. The van der Waals surface area contributed by atoms with Crippen molar-refractivity contribution in [2.24, 2.45) is 11.3 Å². The van der Waals surface area contributed by atoms with Crippen molar-refractivity contribution in [2.75, 3.05) is 19.7 Å². The molecule has 4 nitrogen and oxygen atoms in total. The summed E-state index contributed by atoms with van der Waals surface area (Å²) in [4.78, 5) is 11.5. The molecule has 0 spiro atoms. The number of nitrogens with one attached hydrogen (secondary N) is 2. The molecule has 0 aromatic heterocycles. The molecule has 0 atom stereocenters. The van der Waals surface area contributed by atoms with Crippen molar-refractivity contribution in [3.63, 3.8) is 0 Å². The van der Waals surface area contributed by atoms with Crippen LogP contribution in [0.3, 0.4) is 0 Å². The van der Waals surface area contributed by atoms with Gasteiger partial charge in [0, 0.05) is 18.5 Å². The van der Waals surface area contributed by atoms with E-state index in [2.05, 4.69) is 24.5 Å². The molecule has 16 heavy (non-hydrogen) atoms. The van der Waals surface area contributed by atoms with E-state index in [-0.39, 0.29) is 18.1 Å². The van der Waals surface area contributed by atoms with E-state index in [1.165, 1.54) is 0 Å². The topological polar surface area (TPSA) is 61.4 Å². The van der Waals surface area contributed by atoms with E-state index in [1.807, 2.05) is 0 Å². The molecule has 1 fully saturated rings. The Labute approximate surface area is 97.8 Å². The first-order chi connectivity index (χ1) is 7.65. The van der Waals surface area contributed by atoms with Crippen LogP contribution in [-0.2, 0) is 0 Å². The van der Waals surface area contributed by atoms with Gasteiger partial charge in [-0.05, 0) is 18.8 Å². The molecule has 0 aromatic rings. The van der Waals surface area contributed by atoms with Gasteiger partial charge in [0.05, 0.1) is 6.61 Å². The number of aliphatic hydroxyl groups is 1. The van der Waals surface area contributed by atoms with Crippen molar-refractivity contribution in [1.29, 1.82) is 0 Å². The third-order valence-corrected chi connectivity index (χ3v) is 3.62. The molecular formula is C12H24N2O2. The van der Waals surface area contributed by atoms with Gasteiger partial charge in [0.1, 0.15) is 0 Å². The number of hydrogen-bond donors (Lipinski definition) is 3. The lowest BCUT2D eigenvalue weighted by molar-refractivity contribution is 0.202. The molecular weight excluding hydrogens is 204 g/mol. The molecule has 0 unspecified atom stereocenters. The van der Waals surface area contributed by atoms with E-state index in [4.69, 9.17) is 5.11 Å². The van der Waals surface area contributed by atoms with Crippen molar-refractivity contribution in [3.05, 3.63) is 0 Å². The predicted octanol–water partition coefficient (Wildman–Crippen LogP) is 1.49. The van der Waals surface area contributed by atoms with Crippen LogP contribution in [0.5, 0.6) is 0 Å². The molecule has 1 rings (SSSR count). The summed E-state index contributed by atoms with van der Waals surface area (Å²) in [6.07, 6.45) is 4.24. The maximum atomic E-state index is 11.5. The highest BCUT2D eigenvalue weighted by Crippen LogP contribution is 2.44. The minimum atomic E-state index is -0.105. The van der Waals surface area contributed by atoms with E-state index in [1.54, 1.807) is 0 Å². The lowest BCUT2D eigenvalue weighted by Gasteiger charge is -2.16. The molecule has 1 saturated carbocycles. The average molecular weight is 228 g/mol. The van der Waals surface area contributed by atoms with E-state index in [0.29, 0.717) is 12.5 Å². The van der Waals surface area contributed by atoms with Crippen molar-refractivity contribution in [1.82, 2.24) is 10.6 Å². The van der Waals surface area contributed by atoms with Gasteiger partial charge < -0.3 is 15.7 Å². The van der Waals surface area contributed by atoms with Gasteiger partial charge in [-0.3, -0.25) is 0 Å². The Balaban J connectivity index is 2.11. The molecule has 0 saturated heterocycles. The summed E-state index contributed by atoms with van der Waals surface area (Å²) in [5, 5.41) is 14.8. The van der Waals surface area contributed by atoms with Crippen LogP contribution in [0.4, 0.5) is 4.79 Å². The van der Waals surface area contributed by atoms with Gasteiger partial charge in [-0.25, -0.2) is 4.79 Å². The summed E-state index contributed by atoms with van der Waals surface area (Å²) < 4.78 is 0. The Morgan fingerprint density at radius 1 is 1.31 bits per heavy atom. The SMILES string of the molecule is CCC(CC)CNC(=O)NCC1(CO)CC1. The average Bonchev–Trinajstić information content (AvgIpc) is 3.08. The number of amides is 2. The van der Waals surface area contributed by atoms with Crippen LogP contribution in [-0.4, -0.2) is 30.8 Å². The van der Waals surface area contributed by atoms with Crippen LogP contribution in [0.15, 0.2) is 0 Å². The third-order valence-electron chi connectivity index (χ3n) is 3.62. The van der Waals surface area contributed by atoms with Crippen molar-refractivity contribution in [3.8, 4) is 0 Å². The van der Waals surface area contributed by atoms with Gasteiger partial charge in [-0.15, -0.1) is 0 Å². The van der Waals surface area contributed by atoms with Gasteiger partial charge >= 0.3 is 6.03 Å². The second-order valence-corrected chi connectivity index (χ2v) is 4.90. The maximum absolute atomic E-state index is 11.5. The van der Waals surface area contributed by atoms with E-state index in [9.17, 15) is 4.79 Å². The van der Waals surface area contributed by atoms with Gasteiger partial charge in [0.2, 0.25) is 0 Å². The van der Waals surface area contributed by atoms with Gasteiger partial charge in [-0.1, -0.05) is 26.7 Å². The molecule has 0 radical (unpaired) electrons. The molecule has 1 aliphatic rings. The minimum Gasteiger partial charge on any atom is -0.396 e. The van der Waals surface area contributed by atoms with E-state index < -0.39 is 0 Å². The summed E-state index contributed by atoms with van der Waals surface area (Å²) in [5.74, 6) is 0.568. The van der Waals surface area contributed by atoms with Gasteiger partial charge in [0.15, 0.2) is 0 Å². The summed E-state index contributed by atoms with van der Waals surface area (Å²) in [6, 6.07) is -0.105. The van der Waals surface area contributed by atoms with Crippen LogP contribution in [0.1, 0.15) is 39.5 Å². The lowest BCUT2D eigenvalue weighted by atomic mass is 10.0. The molecule has 0 bridgehead atoms. The number of rotatable bonds is 7. The molecule has 0 aliphatic heterocycles. The molecule has 0 heterocycles. The molecule has 3 N–H and O–H groups in total. The molecule has 94 valence electrons. The fourth-order valence-electron chi connectivity index (χ4n) is 1.71. The predicted molar refractivity (Wildman–Crippen MR) is 64.2 cm³/mol. The highest BCUT2D eigenvalue weighted by Gasteiger charge is 2.42. The summed E-state index contributed by atoms with van der Waals surface area (Å²) >= 11 is 0. The van der Waals surface area contributed by atoms with Crippen molar-refractivity contribution >= 4 is 6.03 Å². The molecule has 4 heteroatoms. The van der Waals surface area contributed by atoms with Crippen molar-refractivity contribution < 1.29 is 9.90 Å². The van der Waals surface area contributed by atoms with E-state index >= 15 is 0 Å². The highest BCUT2D eigenvalue weighted by molar-refractivity contribution is 5.73. The minimum absolute atomic E-state index is 0.00768. The number of urea groups is 1. The first kappa shape index (κ1) is 13.3. The zero-order valence-electron chi connectivity index (χ0n) is 10.4.